The topological polar surface area (TPSA) is 86.6 Å². The second kappa shape index (κ2) is 7.99. The van der Waals surface area contributed by atoms with Crippen molar-refractivity contribution in [3.05, 3.63) is 96.0 Å². The highest BCUT2D eigenvalue weighted by Crippen LogP contribution is 2.46. The number of halogens is 1. The smallest absolute Gasteiger partial charge is 0.261 e. The van der Waals surface area contributed by atoms with Gasteiger partial charge in [-0.05, 0) is 41.1 Å². The Hall–Kier alpha value is -3.74. The first-order valence-corrected chi connectivity index (χ1v) is 12.0. The third-order valence-electron chi connectivity index (χ3n) is 5.54. The molecular formula is C26H18ClNO4S. The highest BCUT2D eigenvalue weighted by atomic mass is 35.5. The average Bonchev–Trinajstić information content (AvgIpc) is 2.81. The van der Waals surface area contributed by atoms with Gasteiger partial charge in [-0.15, -0.1) is 0 Å². The van der Waals surface area contributed by atoms with Crippen molar-refractivity contribution < 1.29 is 18.6 Å². The normalized spacial score (nSPS) is 11.7. The zero-order chi connectivity index (χ0) is 23.2. The molecule has 0 amide bonds. The van der Waals surface area contributed by atoms with E-state index in [0.29, 0.717) is 26.9 Å². The van der Waals surface area contributed by atoms with Crippen LogP contribution in [-0.4, -0.2) is 18.6 Å². The summed E-state index contributed by atoms with van der Waals surface area (Å²) in [5.41, 5.74) is 0.997. The van der Waals surface area contributed by atoms with Crippen LogP contribution in [-0.2, 0) is 10.0 Å². The van der Waals surface area contributed by atoms with Crippen molar-refractivity contribution >= 4 is 48.9 Å². The second-order valence-electron chi connectivity index (χ2n) is 7.61. The molecule has 164 valence electrons. The standard InChI is InChI=1S/C26H18ClNO4S/c27-17-7-5-8-18(14-17)33(31,32)28-23-15-22(26(30)21-11-4-3-10-20(21)23)25-19-9-2-1-6-16(19)12-13-24(25)29/h1-15,28-30H. The molecular weight excluding hydrogens is 458 g/mol. The van der Waals surface area contributed by atoms with Gasteiger partial charge in [-0.25, -0.2) is 8.42 Å². The van der Waals surface area contributed by atoms with Crippen LogP contribution in [0.5, 0.6) is 11.5 Å². The van der Waals surface area contributed by atoms with Crippen molar-refractivity contribution in [3.8, 4) is 22.6 Å². The Kier molecular flexibility index (Phi) is 5.12. The molecule has 0 aliphatic rings. The zero-order valence-corrected chi connectivity index (χ0v) is 18.7. The molecule has 5 aromatic carbocycles. The number of phenols is 2. The Bertz CT molecular complexity index is 1650. The van der Waals surface area contributed by atoms with Gasteiger partial charge in [0.05, 0.1) is 10.6 Å². The Morgan fingerprint density at radius 3 is 2.18 bits per heavy atom. The van der Waals surface area contributed by atoms with Crippen molar-refractivity contribution in [2.24, 2.45) is 0 Å². The fraction of sp³-hybridized carbons (Fsp3) is 0. The van der Waals surface area contributed by atoms with E-state index < -0.39 is 10.0 Å². The van der Waals surface area contributed by atoms with E-state index in [2.05, 4.69) is 4.72 Å². The van der Waals surface area contributed by atoms with Crippen LogP contribution in [0, 0.1) is 0 Å². The van der Waals surface area contributed by atoms with Crippen molar-refractivity contribution in [1.29, 1.82) is 0 Å². The molecule has 0 atom stereocenters. The van der Waals surface area contributed by atoms with Crippen LogP contribution in [0.25, 0.3) is 32.7 Å². The lowest BCUT2D eigenvalue weighted by molar-refractivity contribution is 0.472. The number of sulfonamides is 1. The second-order valence-corrected chi connectivity index (χ2v) is 9.73. The summed E-state index contributed by atoms with van der Waals surface area (Å²) in [6.45, 7) is 0. The molecule has 0 unspecified atom stereocenters. The number of aromatic hydroxyl groups is 2. The summed E-state index contributed by atoms with van der Waals surface area (Å²) in [7, 11) is -3.97. The van der Waals surface area contributed by atoms with E-state index in [1.807, 2.05) is 24.3 Å². The van der Waals surface area contributed by atoms with Gasteiger partial charge in [-0.2, -0.15) is 0 Å². The number of hydrogen-bond donors (Lipinski definition) is 3. The van der Waals surface area contributed by atoms with E-state index in [4.69, 9.17) is 11.6 Å². The Balaban J connectivity index is 1.78. The third kappa shape index (κ3) is 3.73. The van der Waals surface area contributed by atoms with Crippen LogP contribution < -0.4 is 4.72 Å². The van der Waals surface area contributed by atoms with Gasteiger partial charge < -0.3 is 10.2 Å². The summed E-state index contributed by atoms with van der Waals surface area (Å²) in [4.78, 5) is 0.0155. The summed E-state index contributed by atoms with van der Waals surface area (Å²) >= 11 is 5.99. The molecule has 5 rings (SSSR count). The van der Waals surface area contributed by atoms with Gasteiger partial charge in [0, 0.05) is 26.9 Å². The number of phenolic OH excluding ortho intramolecular Hbond substituents is 2. The van der Waals surface area contributed by atoms with Crippen molar-refractivity contribution in [2.75, 3.05) is 4.72 Å². The van der Waals surface area contributed by atoms with Gasteiger partial charge in [0.2, 0.25) is 0 Å². The highest BCUT2D eigenvalue weighted by molar-refractivity contribution is 7.92. The van der Waals surface area contributed by atoms with Crippen LogP contribution in [0.3, 0.4) is 0 Å². The molecule has 0 fully saturated rings. The summed E-state index contributed by atoms with van der Waals surface area (Å²) in [5.74, 6) is -0.0779. The minimum atomic E-state index is -3.97. The quantitative estimate of drug-likeness (QED) is 0.258. The Morgan fingerprint density at radius 2 is 1.42 bits per heavy atom. The zero-order valence-electron chi connectivity index (χ0n) is 17.2. The maximum Gasteiger partial charge on any atom is 0.261 e. The lowest BCUT2D eigenvalue weighted by atomic mass is 9.93. The molecule has 5 aromatic rings. The number of hydrogen-bond acceptors (Lipinski definition) is 4. The largest absolute Gasteiger partial charge is 0.507 e. The van der Waals surface area contributed by atoms with Gasteiger partial charge in [-0.3, -0.25) is 4.72 Å². The molecule has 0 saturated carbocycles. The first-order valence-electron chi connectivity index (χ1n) is 10.1. The van der Waals surface area contributed by atoms with E-state index in [1.165, 1.54) is 12.1 Å². The van der Waals surface area contributed by atoms with Crippen molar-refractivity contribution in [2.45, 2.75) is 4.90 Å². The molecule has 33 heavy (non-hydrogen) atoms. The van der Waals surface area contributed by atoms with Crippen LogP contribution in [0.2, 0.25) is 5.02 Å². The predicted octanol–water partition coefficient (Wildman–Crippen LogP) is 6.53. The summed E-state index contributed by atoms with van der Waals surface area (Å²) in [6, 6.07) is 25.3. The van der Waals surface area contributed by atoms with E-state index in [0.717, 1.165) is 10.8 Å². The number of rotatable bonds is 4. The summed E-state index contributed by atoms with van der Waals surface area (Å²) in [6.07, 6.45) is 0. The van der Waals surface area contributed by atoms with E-state index in [-0.39, 0.29) is 22.1 Å². The molecule has 0 aromatic heterocycles. The third-order valence-corrected chi connectivity index (χ3v) is 7.14. The molecule has 5 nitrogen and oxygen atoms in total. The molecule has 0 aliphatic carbocycles. The van der Waals surface area contributed by atoms with Crippen LogP contribution in [0.15, 0.2) is 95.9 Å². The lowest BCUT2D eigenvalue weighted by Crippen LogP contribution is -2.13. The Labute approximate surface area is 195 Å². The van der Waals surface area contributed by atoms with Crippen molar-refractivity contribution in [3.63, 3.8) is 0 Å². The number of nitrogens with one attached hydrogen (secondary N) is 1. The summed E-state index contributed by atoms with van der Waals surface area (Å²) in [5, 5.41) is 24.8. The van der Waals surface area contributed by atoms with Gasteiger partial charge in [0.1, 0.15) is 11.5 Å². The number of fused-ring (bicyclic) bond motifs is 2. The van der Waals surface area contributed by atoms with Crippen LogP contribution in [0.1, 0.15) is 0 Å². The molecule has 0 bridgehead atoms. The van der Waals surface area contributed by atoms with E-state index in [9.17, 15) is 18.6 Å². The van der Waals surface area contributed by atoms with Gasteiger partial charge in [0.25, 0.3) is 10.0 Å². The number of benzene rings is 5. The van der Waals surface area contributed by atoms with Gasteiger partial charge in [-0.1, -0.05) is 72.3 Å². The SMILES string of the molecule is O=S(=O)(Nc1cc(-c2c(O)ccc3ccccc23)c(O)c2ccccc12)c1cccc(Cl)c1. The molecule has 3 N–H and O–H groups in total. The fourth-order valence-electron chi connectivity index (χ4n) is 4.02. The van der Waals surface area contributed by atoms with Crippen molar-refractivity contribution in [1.82, 2.24) is 0 Å². The molecule has 7 heteroatoms. The van der Waals surface area contributed by atoms with Gasteiger partial charge in [0.15, 0.2) is 0 Å². The lowest BCUT2D eigenvalue weighted by Gasteiger charge is -2.17. The highest BCUT2D eigenvalue weighted by Gasteiger charge is 2.21. The van der Waals surface area contributed by atoms with Crippen LogP contribution in [0.4, 0.5) is 5.69 Å². The average molecular weight is 476 g/mol. The number of anilines is 1. The molecule has 0 radical (unpaired) electrons. The van der Waals surface area contributed by atoms with Crippen LogP contribution >= 0.6 is 11.6 Å². The van der Waals surface area contributed by atoms with E-state index in [1.54, 1.807) is 54.6 Å². The minimum absolute atomic E-state index is 0.0155. The minimum Gasteiger partial charge on any atom is -0.507 e. The van der Waals surface area contributed by atoms with Gasteiger partial charge >= 0.3 is 0 Å². The molecule has 0 heterocycles. The Morgan fingerprint density at radius 1 is 0.727 bits per heavy atom. The fourth-order valence-corrected chi connectivity index (χ4v) is 5.39. The monoisotopic (exact) mass is 475 g/mol. The first-order chi connectivity index (χ1) is 15.8. The predicted molar refractivity (Wildman–Crippen MR) is 132 cm³/mol. The van der Waals surface area contributed by atoms with E-state index >= 15 is 0 Å². The first kappa shape index (κ1) is 21.1. The maximum absolute atomic E-state index is 13.1. The molecule has 0 aliphatic heterocycles. The summed E-state index contributed by atoms with van der Waals surface area (Å²) < 4.78 is 28.9. The maximum atomic E-state index is 13.1. The molecule has 0 saturated heterocycles. The molecule has 0 spiro atoms.